The van der Waals surface area contributed by atoms with Gasteiger partial charge in [-0.3, -0.25) is 9.59 Å². The largest absolute Gasteiger partial charge is 0.481 e. The maximum Gasteiger partial charge on any atom is 0.267 e. The minimum atomic E-state index is -0.880. The minimum absolute atomic E-state index is 0.240. The monoisotopic (exact) mass is 454 g/mol. The zero-order valence-electron chi connectivity index (χ0n) is 18.4. The Morgan fingerprint density at radius 1 is 0.818 bits per heavy atom. The van der Waals surface area contributed by atoms with Crippen LogP contribution in [0.15, 0.2) is 72.8 Å². The van der Waals surface area contributed by atoms with E-state index >= 15 is 0 Å². The summed E-state index contributed by atoms with van der Waals surface area (Å²) in [6, 6.07) is 17.8. The molecule has 0 aromatic heterocycles. The molecule has 6 nitrogen and oxygen atoms in total. The fraction of sp³-hybridized carbons (Fsp3) is 0.200. The van der Waals surface area contributed by atoms with Crippen molar-refractivity contribution in [1.29, 1.82) is 0 Å². The first-order valence-electron chi connectivity index (χ1n) is 10.3. The quantitative estimate of drug-likeness (QED) is 0.531. The van der Waals surface area contributed by atoms with E-state index in [9.17, 15) is 18.4 Å². The molecule has 0 fully saturated rings. The van der Waals surface area contributed by atoms with Crippen LogP contribution in [0.2, 0.25) is 0 Å². The number of carbonyl (C=O) groups excluding carboxylic acids is 2. The summed E-state index contributed by atoms with van der Waals surface area (Å²) in [6.45, 7) is 3.12. The van der Waals surface area contributed by atoms with E-state index in [0.717, 1.165) is 0 Å². The van der Waals surface area contributed by atoms with Crippen LogP contribution in [0.5, 0.6) is 11.5 Å². The summed E-state index contributed by atoms with van der Waals surface area (Å²) in [5, 5.41) is 2.72. The summed E-state index contributed by atoms with van der Waals surface area (Å²) in [4.78, 5) is 26.7. The first-order valence-corrected chi connectivity index (χ1v) is 10.3. The third-order valence-electron chi connectivity index (χ3n) is 4.77. The molecule has 3 rings (SSSR count). The maximum atomic E-state index is 13.4. The highest BCUT2D eigenvalue weighted by Crippen LogP contribution is 2.22. The normalized spacial score (nSPS) is 12.4. The van der Waals surface area contributed by atoms with Crippen LogP contribution >= 0.6 is 0 Å². The van der Waals surface area contributed by atoms with E-state index in [1.165, 1.54) is 41.3 Å². The summed E-state index contributed by atoms with van der Waals surface area (Å²) in [6.07, 6.45) is -1.75. The molecule has 2 amide bonds. The van der Waals surface area contributed by atoms with E-state index in [2.05, 4.69) is 5.32 Å². The summed E-state index contributed by atoms with van der Waals surface area (Å²) >= 11 is 0. The predicted molar refractivity (Wildman–Crippen MR) is 121 cm³/mol. The van der Waals surface area contributed by atoms with Crippen LogP contribution in [0, 0.1) is 11.6 Å². The minimum Gasteiger partial charge on any atom is -0.481 e. The van der Waals surface area contributed by atoms with E-state index in [4.69, 9.17) is 9.47 Å². The van der Waals surface area contributed by atoms with Crippen molar-refractivity contribution < 1.29 is 27.8 Å². The van der Waals surface area contributed by atoms with Gasteiger partial charge in [0.25, 0.3) is 11.8 Å². The van der Waals surface area contributed by atoms with E-state index < -0.39 is 29.7 Å². The third kappa shape index (κ3) is 6.52. The number of carbonyl (C=O) groups is 2. The van der Waals surface area contributed by atoms with Gasteiger partial charge in [-0.1, -0.05) is 18.2 Å². The van der Waals surface area contributed by atoms with Crippen LogP contribution in [0.25, 0.3) is 0 Å². The maximum absolute atomic E-state index is 13.4. The SMILES string of the molecule is CC(Oc1cccc(F)c1)C(=O)Nc1cccc(N(C)C(=O)C(C)Oc2cccc(F)c2)c1. The number of hydrogen-bond donors (Lipinski definition) is 1. The number of amides is 2. The highest BCUT2D eigenvalue weighted by molar-refractivity contribution is 5.98. The van der Waals surface area contributed by atoms with Gasteiger partial charge in [-0.2, -0.15) is 0 Å². The molecule has 0 spiro atoms. The van der Waals surface area contributed by atoms with E-state index in [1.54, 1.807) is 57.3 Å². The Morgan fingerprint density at radius 2 is 1.36 bits per heavy atom. The van der Waals surface area contributed by atoms with Crippen molar-refractivity contribution in [3.63, 3.8) is 0 Å². The van der Waals surface area contributed by atoms with Crippen molar-refractivity contribution in [2.24, 2.45) is 0 Å². The number of ether oxygens (including phenoxy) is 2. The van der Waals surface area contributed by atoms with Gasteiger partial charge in [-0.05, 0) is 56.3 Å². The lowest BCUT2D eigenvalue weighted by Crippen LogP contribution is -2.38. The number of nitrogens with one attached hydrogen (secondary N) is 1. The molecule has 3 aromatic carbocycles. The lowest BCUT2D eigenvalue weighted by atomic mass is 10.2. The number of nitrogens with zero attached hydrogens (tertiary/aromatic N) is 1. The van der Waals surface area contributed by atoms with Gasteiger partial charge in [0, 0.05) is 30.6 Å². The number of anilines is 2. The molecule has 0 aliphatic heterocycles. The fourth-order valence-electron chi connectivity index (χ4n) is 3.03. The Hall–Kier alpha value is -3.94. The fourth-order valence-corrected chi connectivity index (χ4v) is 3.03. The van der Waals surface area contributed by atoms with Crippen LogP contribution in [-0.4, -0.2) is 31.1 Å². The molecule has 8 heteroatoms. The van der Waals surface area contributed by atoms with Crippen molar-refractivity contribution in [3.05, 3.63) is 84.4 Å². The van der Waals surface area contributed by atoms with E-state index in [-0.39, 0.29) is 17.4 Å². The number of benzene rings is 3. The van der Waals surface area contributed by atoms with Gasteiger partial charge in [0.1, 0.15) is 23.1 Å². The molecule has 0 radical (unpaired) electrons. The van der Waals surface area contributed by atoms with Gasteiger partial charge >= 0.3 is 0 Å². The van der Waals surface area contributed by atoms with Crippen LogP contribution in [0.3, 0.4) is 0 Å². The second-order valence-electron chi connectivity index (χ2n) is 7.37. The Kier molecular flexibility index (Phi) is 7.61. The predicted octanol–water partition coefficient (Wildman–Crippen LogP) is 4.80. The van der Waals surface area contributed by atoms with Crippen LogP contribution < -0.4 is 19.7 Å². The standard InChI is InChI=1S/C25H24F2N2O4/c1-16(32-22-11-4-7-18(26)13-22)24(30)28-20-9-6-10-21(15-20)29(3)25(31)17(2)33-23-12-5-8-19(27)14-23/h4-17H,1-3H3,(H,28,30). The molecular formula is C25H24F2N2O4. The molecule has 1 N–H and O–H groups in total. The number of likely N-dealkylation sites (N-methyl/N-ethyl adjacent to an activating group) is 1. The van der Waals surface area contributed by atoms with E-state index in [0.29, 0.717) is 11.4 Å². The molecule has 3 aromatic rings. The molecule has 2 unspecified atom stereocenters. The molecule has 0 aliphatic carbocycles. The van der Waals surface area contributed by atoms with Gasteiger partial charge in [0.05, 0.1) is 0 Å². The molecule has 33 heavy (non-hydrogen) atoms. The lowest BCUT2D eigenvalue weighted by molar-refractivity contribution is -0.124. The highest BCUT2D eigenvalue weighted by atomic mass is 19.1. The van der Waals surface area contributed by atoms with Crippen molar-refractivity contribution in [2.75, 3.05) is 17.3 Å². The number of halogens is 2. The van der Waals surface area contributed by atoms with Gasteiger partial charge in [0.2, 0.25) is 0 Å². The number of hydrogen-bond acceptors (Lipinski definition) is 4. The molecule has 0 saturated carbocycles. The summed E-state index contributed by atoms with van der Waals surface area (Å²) < 4.78 is 37.7. The summed E-state index contributed by atoms with van der Waals surface area (Å²) in [5.74, 6) is -1.23. The van der Waals surface area contributed by atoms with Gasteiger partial charge in [-0.25, -0.2) is 8.78 Å². The molecule has 0 saturated heterocycles. The van der Waals surface area contributed by atoms with Gasteiger partial charge in [0.15, 0.2) is 12.2 Å². The molecule has 0 bridgehead atoms. The van der Waals surface area contributed by atoms with Crippen LogP contribution in [0.1, 0.15) is 13.8 Å². The lowest BCUT2D eigenvalue weighted by Gasteiger charge is -2.23. The smallest absolute Gasteiger partial charge is 0.267 e. The van der Waals surface area contributed by atoms with E-state index in [1.807, 2.05) is 0 Å². The average molecular weight is 454 g/mol. The second-order valence-corrected chi connectivity index (χ2v) is 7.37. The third-order valence-corrected chi connectivity index (χ3v) is 4.77. The Morgan fingerprint density at radius 3 is 1.94 bits per heavy atom. The summed E-state index contributed by atoms with van der Waals surface area (Å²) in [7, 11) is 1.57. The zero-order valence-corrected chi connectivity index (χ0v) is 18.4. The van der Waals surface area contributed by atoms with Gasteiger partial charge < -0.3 is 19.7 Å². The zero-order chi connectivity index (χ0) is 24.0. The van der Waals surface area contributed by atoms with Crippen molar-refractivity contribution >= 4 is 23.2 Å². The molecule has 0 aliphatic rings. The van der Waals surface area contributed by atoms with Crippen LogP contribution in [0.4, 0.5) is 20.2 Å². The topological polar surface area (TPSA) is 67.9 Å². The van der Waals surface area contributed by atoms with Crippen molar-refractivity contribution in [3.8, 4) is 11.5 Å². The molecule has 2 atom stereocenters. The highest BCUT2D eigenvalue weighted by Gasteiger charge is 2.21. The molecule has 0 heterocycles. The Bertz CT molecular complexity index is 1140. The van der Waals surface area contributed by atoms with Crippen molar-refractivity contribution in [1.82, 2.24) is 0 Å². The first kappa shape index (κ1) is 23.7. The van der Waals surface area contributed by atoms with Gasteiger partial charge in [-0.15, -0.1) is 0 Å². The molecule has 172 valence electrons. The Labute approximate surface area is 190 Å². The number of rotatable bonds is 8. The average Bonchev–Trinajstić information content (AvgIpc) is 2.78. The summed E-state index contributed by atoms with van der Waals surface area (Å²) in [5.41, 5.74) is 0.969. The van der Waals surface area contributed by atoms with Crippen molar-refractivity contribution in [2.45, 2.75) is 26.1 Å². The van der Waals surface area contributed by atoms with Crippen LogP contribution in [-0.2, 0) is 9.59 Å². The second kappa shape index (κ2) is 10.6. The molecular weight excluding hydrogens is 430 g/mol. The first-order chi connectivity index (χ1) is 15.7. The Balaban J connectivity index is 1.62.